The summed E-state index contributed by atoms with van der Waals surface area (Å²) in [6, 6.07) is 1.92. The maximum atomic E-state index is 4.80. The zero-order chi connectivity index (χ0) is 13.5. The lowest BCUT2D eigenvalue weighted by Crippen LogP contribution is -2.32. The molecule has 0 aromatic carbocycles. The van der Waals surface area contributed by atoms with Crippen molar-refractivity contribution in [2.45, 2.75) is 33.1 Å². The minimum atomic E-state index is 0.881. The molecule has 2 rings (SSSR count). The van der Waals surface area contributed by atoms with Crippen molar-refractivity contribution >= 4 is 11.7 Å². The fourth-order valence-corrected chi connectivity index (χ4v) is 2.18. The standard InChI is InChI=1S/C15H22N4/c1-3-11-18(12-4-2)14-8-5-6-9-15(17-14)19-13-7-10-16-19/h5-7,9-10,13H,3-4,8,11-12H2,1-2H3. The van der Waals surface area contributed by atoms with E-state index < -0.39 is 0 Å². The Balaban J connectivity index is 2.24. The Morgan fingerprint density at radius 3 is 2.68 bits per heavy atom. The number of allylic oxidation sites excluding steroid dienone is 2. The Labute approximate surface area is 115 Å². The van der Waals surface area contributed by atoms with E-state index in [9.17, 15) is 0 Å². The molecule has 0 spiro atoms. The van der Waals surface area contributed by atoms with Gasteiger partial charge in [-0.15, -0.1) is 0 Å². The predicted molar refractivity (Wildman–Crippen MR) is 79.8 cm³/mol. The van der Waals surface area contributed by atoms with Crippen LogP contribution in [0.1, 0.15) is 33.1 Å². The predicted octanol–water partition coefficient (Wildman–Crippen LogP) is 3.16. The highest BCUT2D eigenvalue weighted by molar-refractivity contribution is 5.88. The molecule has 1 aliphatic rings. The van der Waals surface area contributed by atoms with E-state index >= 15 is 0 Å². The molecule has 0 fully saturated rings. The molecule has 4 heteroatoms. The summed E-state index contributed by atoms with van der Waals surface area (Å²) >= 11 is 0. The molecule has 0 atom stereocenters. The highest BCUT2D eigenvalue weighted by Crippen LogP contribution is 2.13. The molecule has 0 saturated carbocycles. The molecule has 0 amide bonds. The summed E-state index contributed by atoms with van der Waals surface area (Å²) in [6.07, 6.45) is 13.1. The third-order valence-electron chi connectivity index (χ3n) is 3.02. The van der Waals surface area contributed by atoms with Crippen LogP contribution in [0.5, 0.6) is 0 Å². The fourth-order valence-electron chi connectivity index (χ4n) is 2.18. The molecule has 1 aliphatic heterocycles. The molecule has 2 heterocycles. The van der Waals surface area contributed by atoms with E-state index in [1.807, 2.05) is 23.0 Å². The number of hydrogen-bond acceptors (Lipinski definition) is 3. The largest absolute Gasteiger partial charge is 0.360 e. The topological polar surface area (TPSA) is 33.4 Å². The van der Waals surface area contributed by atoms with Crippen molar-refractivity contribution in [3.63, 3.8) is 0 Å². The van der Waals surface area contributed by atoms with Gasteiger partial charge in [0.25, 0.3) is 0 Å². The summed E-state index contributed by atoms with van der Waals surface area (Å²) in [5.41, 5.74) is 0. The Morgan fingerprint density at radius 1 is 1.26 bits per heavy atom. The second kappa shape index (κ2) is 6.92. The normalized spacial score (nSPS) is 14.8. The van der Waals surface area contributed by atoms with E-state index in [2.05, 4.69) is 36.0 Å². The van der Waals surface area contributed by atoms with Crippen molar-refractivity contribution < 1.29 is 0 Å². The van der Waals surface area contributed by atoms with Gasteiger partial charge in [0.2, 0.25) is 0 Å². The Hall–Kier alpha value is -1.84. The fraction of sp³-hybridized carbons (Fsp3) is 0.467. The Bertz CT molecular complexity index is 462. The summed E-state index contributed by atoms with van der Waals surface area (Å²) in [5.74, 6) is 2.02. The van der Waals surface area contributed by atoms with E-state index in [-0.39, 0.29) is 0 Å². The molecule has 4 nitrogen and oxygen atoms in total. The summed E-state index contributed by atoms with van der Waals surface area (Å²) in [7, 11) is 0. The van der Waals surface area contributed by atoms with E-state index in [0.29, 0.717) is 0 Å². The van der Waals surface area contributed by atoms with Crippen LogP contribution in [-0.4, -0.2) is 33.6 Å². The van der Waals surface area contributed by atoms with E-state index in [1.165, 1.54) is 0 Å². The highest BCUT2D eigenvalue weighted by Gasteiger charge is 2.11. The molecule has 0 N–H and O–H groups in total. The van der Waals surface area contributed by atoms with Crippen LogP contribution in [0.25, 0.3) is 5.82 Å². The van der Waals surface area contributed by atoms with Crippen LogP contribution in [0.3, 0.4) is 0 Å². The van der Waals surface area contributed by atoms with Crippen LogP contribution in [0, 0.1) is 0 Å². The summed E-state index contributed by atoms with van der Waals surface area (Å²) in [4.78, 5) is 7.18. The summed E-state index contributed by atoms with van der Waals surface area (Å²) in [6.45, 7) is 6.54. The first-order valence-electron chi connectivity index (χ1n) is 7.04. The first kappa shape index (κ1) is 13.6. The Morgan fingerprint density at radius 2 is 2.05 bits per heavy atom. The third kappa shape index (κ3) is 3.56. The lowest BCUT2D eigenvalue weighted by molar-refractivity contribution is 0.411. The molecule has 0 saturated heterocycles. The number of amidine groups is 1. The van der Waals surface area contributed by atoms with Gasteiger partial charge in [0.05, 0.1) is 0 Å². The van der Waals surface area contributed by atoms with Gasteiger partial charge in [-0.2, -0.15) is 5.10 Å². The average Bonchev–Trinajstić information content (AvgIpc) is 2.84. The van der Waals surface area contributed by atoms with Crippen molar-refractivity contribution in [3.8, 4) is 0 Å². The molecule has 0 aliphatic carbocycles. The summed E-state index contributed by atoms with van der Waals surface area (Å²) in [5, 5.41) is 4.26. The zero-order valence-electron chi connectivity index (χ0n) is 11.8. The van der Waals surface area contributed by atoms with Gasteiger partial charge in [0.1, 0.15) is 5.84 Å². The molecular weight excluding hydrogens is 236 g/mol. The minimum absolute atomic E-state index is 0.881. The number of nitrogens with zero attached hydrogens (tertiary/aromatic N) is 4. The second-order valence-corrected chi connectivity index (χ2v) is 4.62. The smallest absolute Gasteiger partial charge is 0.155 e. The van der Waals surface area contributed by atoms with Crippen molar-refractivity contribution in [3.05, 3.63) is 36.7 Å². The van der Waals surface area contributed by atoms with Gasteiger partial charge >= 0.3 is 0 Å². The molecule has 0 radical (unpaired) electrons. The number of hydrogen-bond donors (Lipinski definition) is 0. The first-order chi connectivity index (χ1) is 9.35. The molecule has 1 aromatic rings. The van der Waals surface area contributed by atoms with Crippen molar-refractivity contribution in [1.29, 1.82) is 0 Å². The molecule has 19 heavy (non-hydrogen) atoms. The molecule has 0 unspecified atom stereocenters. The van der Waals surface area contributed by atoms with Crippen molar-refractivity contribution in [2.24, 2.45) is 4.99 Å². The van der Waals surface area contributed by atoms with E-state index in [4.69, 9.17) is 4.99 Å². The van der Waals surface area contributed by atoms with E-state index in [0.717, 1.165) is 44.0 Å². The van der Waals surface area contributed by atoms with Crippen molar-refractivity contribution in [1.82, 2.24) is 14.7 Å². The molecular formula is C15H22N4. The van der Waals surface area contributed by atoms with Gasteiger partial charge in [0, 0.05) is 31.9 Å². The molecule has 0 bridgehead atoms. The monoisotopic (exact) mass is 258 g/mol. The van der Waals surface area contributed by atoms with E-state index in [1.54, 1.807) is 6.20 Å². The van der Waals surface area contributed by atoms with Gasteiger partial charge < -0.3 is 4.90 Å². The highest BCUT2D eigenvalue weighted by atomic mass is 15.3. The maximum absolute atomic E-state index is 4.80. The van der Waals surface area contributed by atoms with Crippen LogP contribution in [0.2, 0.25) is 0 Å². The van der Waals surface area contributed by atoms with Gasteiger partial charge in [-0.3, -0.25) is 0 Å². The van der Waals surface area contributed by atoms with Crippen LogP contribution < -0.4 is 0 Å². The van der Waals surface area contributed by atoms with Crippen LogP contribution in [0.4, 0.5) is 0 Å². The molecule has 1 aromatic heterocycles. The maximum Gasteiger partial charge on any atom is 0.155 e. The lowest BCUT2D eigenvalue weighted by Gasteiger charge is -2.24. The quantitative estimate of drug-likeness (QED) is 0.813. The Kier molecular flexibility index (Phi) is 4.95. The SMILES string of the molecule is CCCN(CCC)C1=NC(n2cccn2)=CC=CC1. The van der Waals surface area contributed by atoms with Crippen LogP contribution in [0.15, 0.2) is 41.7 Å². The molecule has 102 valence electrons. The minimum Gasteiger partial charge on any atom is -0.360 e. The van der Waals surface area contributed by atoms with Gasteiger partial charge in [-0.1, -0.05) is 26.0 Å². The van der Waals surface area contributed by atoms with Gasteiger partial charge in [-0.25, -0.2) is 9.67 Å². The van der Waals surface area contributed by atoms with Crippen molar-refractivity contribution in [2.75, 3.05) is 13.1 Å². The van der Waals surface area contributed by atoms with Gasteiger partial charge in [-0.05, 0) is 25.0 Å². The van der Waals surface area contributed by atoms with Gasteiger partial charge in [0.15, 0.2) is 5.82 Å². The number of aliphatic imine (C=N–C) groups is 1. The number of aromatic nitrogens is 2. The van der Waals surface area contributed by atoms with Crippen LogP contribution >= 0.6 is 0 Å². The third-order valence-corrected chi connectivity index (χ3v) is 3.02. The zero-order valence-corrected chi connectivity index (χ0v) is 11.8. The van der Waals surface area contributed by atoms with Crippen LogP contribution in [-0.2, 0) is 0 Å². The summed E-state index contributed by atoms with van der Waals surface area (Å²) < 4.78 is 1.81. The second-order valence-electron chi connectivity index (χ2n) is 4.62. The first-order valence-corrected chi connectivity index (χ1v) is 7.04. The number of rotatable bonds is 5. The lowest BCUT2D eigenvalue weighted by atomic mass is 10.3. The average molecular weight is 258 g/mol.